The van der Waals surface area contributed by atoms with Crippen LogP contribution in [-0.2, 0) is 9.53 Å². The van der Waals surface area contributed by atoms with Crippen molar-refractivity contribution in [2.24, 2.45) is 0 Å². The lowest BCUT2D eigenvalue weighted by molar-refractivity contribution is -0.137. The van der Waals surface area contributed by atoms with Crippen molar-refractivity contribution in [1.82, 2.24) is 0 Å². The minimum absolute atomic E-state index is 0.314. The molecule has 0 aliphatic carbocycles. The SMILES string of the molecule is C=CC(=O)OCCCCOc1ccc(C(=O)Oc2ccc(OC(=O)c3ccc(C)cc3)c(C)c2C)cc1. The molecule has 0 saturated heterocycles. The van der Waals surface area contributed by atoms with E-state index in [4.69, 9.17) is 18.9 Å². The van der Waals surface area contributed by atoms with Crippen LogP contribution in [0.4, 0.5) is 0 Å². The third-order valence-electron chi connectivity index (χ3n) is 5.69. The van der Waals surface area contributed by atoms with Crippen molar-refractivity contribution in [1.29, 1.82) is 0 Å². The van der Waals surface area contributed by atoms with Crippen LogP contribution < -0.4 is 14.2 Å². The standard InChI is InChI=1S/C30H30O7/c1-5-28(31)35-19-7-6-18-34-25-14-12-24(13-15-25)30(33)37-27-17-16-26(21(3)22(27)4)36-29(32)23-10-8-20(2)9-11-23/h5,8-17H,1,6-7,18-19H2,2-4H3. The molecule has 7 heteroatoms. The van der Waals surface area contributed by atoms with E-state index in [0.29, 0.717) is 65.6 Å². The Bertz CT molecular complexity index is 1260. The molecular weight excluding hydrogens is 472 g/mol. The second-order valence-electron chi connectivity index (χ2n) is 8.41. The van der Waals surface area contributed by atoms with Crippen molar-refractivity contribution in [3.63, 3.8) is 0 Å². The molecule has 0 spiro atoms. The number of ether oxygens (including phenoxy) is 4. The van der Waals surface area contributed by atoms with Crippen molar-refractivity contribution >= 4 is 17.9 Å². The predicted molar refractivity (Wildman–Crippen MR) is 139 cm³/mol. The van der Waals surface area contributed by atoms with E-state index in [1.165, 1.54) is 0 Å². The van der Waals surface area contributed by atoms with Crippen molar-refractivity contribution in [3.8, 4) is 17.2 Å². The molecule has 0 radical (unpaired) electrons. The third kappa shape index (κ3) is 7.80. The average Bonchev–Trinajstić information content (AvgIpc) is 2.90. The largest absolute Gasteiger partial charge is 0.494 e. The van der Waals surface area contributed by atoms with Crippen molar-refractivity contribution in [3.05, 3.63) is 101 Å². The van der Waals surface area contributed by atoms with E-state index in [1.807, 2.05) is 19.1 Å². The molecule has 0 aliphatic heterocycles. The summed E-state index contributed by atoms with van der Waals surface area (Å²) in [5.74, 6) is 0.00386. The fourth-order valence-corrected chi connectivity index (χ4v) is 3.31. The Balaban J connectivity index is 1.53. The number of hydrogen-bond donors (Lipinski definition) is 0. The molecule has 0 amide bonds. The molecular formula is C30H30O7. The number of carbonyl (C=O) groups excluding carboxylic acids is 3. The second kappa shape index (κ2) is 13.1. The Labute approximate surface area is 216 Å². The molecule has 3 rings (SSSR count). The fraction of sp³-hybridized carbons (Fsp3) is 0.233. The van der Waals surface area contributed by atoms with Crippen molar-refractivity contribution in [2.45, 2.75) is 33.6 Å². The lowest BCUT2D eigenvalue weighted by atomic mass is 10.1. The number of carbonyl (C=O) groups is 3. The molecule has 0 heterocycles. The van der Waals surface area contributed by atoms with Crippen LogP contribution in [0.3, 0.4) is 0 Å². The summed E-state index contributed by atoms with van der Waals surface area (Å²) < 4.78 is 21.7. The van der Waals surface area contributed by atoms with Gasteiger partial charge in [0, 0.05) is 6.08 Å². The van der Waals surface area contributed by atoms with Crippen LogP contribution in [0.5, 0.6) is 17.2 Å². The lowest BCUT2D eigenvalue weighted by Crippen LogP contribution is -2.12. The van der Waals surface area contributed by atoms with Gasteiger partial charge in [0.15, 0.2) is 0 Å². The molecule has 0 atom stereocenters. The molecule has 0 aliphatic rings. The first kappa shape index (κ1) is 27.2. The maximum absolute atomic E-state index is 12.7. The smallest absolute Gasteiger partial charge is 0.343 e. The van der Waals surface area contributed by atoms with E-state index < -0.39 is 17.9 Å². The predicted octanol–water partition coefficient (Wildman–Crippen LogP) is 5.94. The molecule has 0 saturated carbocycles. The topological polar surface area (TPSA) is 88.1 Å². The Morgan fingerprint density at radius 3 is 1.70 bits per heavy atom. The Kier molecular flexibility index (Phi) is 9.61. The molecule has 0 aromatic heterocycles. The summed E-state index contributed by atoms with van der Waals surface area (Å²) in [6.07, 6.45) is 2.51. The normalized spacial score (nSPS) is 10.4. The Morgan fingerprint density at radius 1 is 0.703 bits per heavy atom. The zero-order valence-corrected chi connectivity index (χ0v) is 21.2. The summed E-state index contributed by atoms with van der Waals surface area (Å²) in [5.41, 5.74) is 3.28. The first-order valence-corrected chi connectivity index (χ1v) is 11.9. The highest BCUT2D eigenvalue weighted by atomic mass is 16.5. The molecule has 0 fully saturated rings. The van der Waals surface area contributed by atoms with Crippen molar-refractivity contribution in [2.75, 3.05) is 13.2 Å². The van der Waals surface area contributed by atoms with E-state index in [0.717, 1.165) is 11.6 Å². The van der Waals surface area contributed by atoms with Crippen LogP contribution in [0.25, 0.3) is 0 Å². The number of esters is 3. The molecule has 7 nitrogen and oxygen atoms in total. The zero-order chi connectivity index (χ0) is 26.8. The van der Waals surface area contributed by atoms with E-state index in [1.54, 1.807) is 62.4 Å². The van der Waals surface area contributed by atoms with Gasteiger partial charge in [-0.1, -0.05) is 24.3 Å². The van der Waals surface area contributed by atoms with E-state index in [-0.39, 0.29) is 0 Å². The zero-order valence-electron chi connectivity index (χ0n) is 21.2. The highest BCUT2D eigenvalue weighted by Crippen LogP contribution is 2.30. The van der Waals surface area contributed by atoms with Crippen LogP contribution in [-0.4, -0.2) is 31.1 Å². The summed E-state index contributed by atoms with van der Waals surface area (Å²) in [7, 11) is 0. The molecule has 192 valence electrons. The molecule has 0 bridgehead atoms. The van der Waals surface area contributed by atoms with Gasteiger partial charge in [-0.15, -0.1) is 0 Å². The van der Waals surface area contributed by atoms with Gasteiger partial charge in [-0.05, 0) is 93.3 Å². The molecule has 3 aromatic rings. The van der Waals surface area contributed by atoms with Crippen LogP contribution in [0, 0.1) is 20.8 Å². The minimum Gasteiger partial charge on any atom is -0.494 e. The van der Waals surface area contributed by atoms with Gasteiger partial charge in [-0.25, -0.2) is 14.4 Å². The number of aryl methyl sites for hydroxylation is 1. The van der Waals surface area contributed by atoms with Gasteiger partial charge in [-0.2, -0.15) is 0 Å². The Hall–Kier alpha value is -4.39. The van der Waals surface area contributed by atoms with Crippen LogP contribution in [0.15, 0.2) is 73.3 Å². The quantitative estimate of drug-likeness (QED) is 0.139. The summed E-state index contributed by atoms with van der Waals surface area (Å²) in [5, 5.41) is 0. The van der Waals surface area contributed by atoms with Gasteiger partial charge in [0.2, 0.25) is 0 Å². The van der Waals surface area contributed by atoms with Gasteiger partial charge >= 0.3 is 17.9 Å². The average molecular weight is 503 g/mol. The fourth-order valence-electron chi connectivity index (χ4n) is 3.31. The first-order valence-electron chi connectivity index (χ1n) is 11.9. The van der Waals surface area contributed by atoms with Crippen LogP contribution in [0.1, 0.15) is 50.2 Å². The van der Waals surface area contributed by atoms with E-state index in [2.05, 4.69) is 6.58 Å². The van der Waals surface area contributed by atoms with Gasteiger partial charge in [0.1, 0.15) is 17.2 Å². The van der Waals surface area contributed by atoms with Crippen LogP contribution >= 0.6 is 0 Å². The highest BCUT2D eigenvalue weighted by molar-refractivity contribution is 5.92. The molecule has 0 unspecified atom stereocenters. The van der Waals surface area contributed by atoms with Crippen LogP contribution in [0.2, 0.25) is 0 Å². The van der Waals surface area contributed by atoms with Gasteiger partial charge < -0.3 is 18.9 Å². The molecule has 37 heavy (non-hydrogen) atoms. The summed E-state index contributed by atoms with van der Waals surface area (Å²) in [4.78, 5) is 36.1. The maximum atomic E-state index is 12.7. The number of rotatable bonds is 11. The first-order chi connectivity index (χ1) is 17.8. The second-order valence-corrected chi connectivity index (χ2v) is 8.41. The summed E-state index contributed by atoms with van der Waals surface area (Å²) in [6, 6.07) is 17.0. The Morgan fingerprint density at radius 2 is 1.19 bits per heavy atom. The lowest BCUT2D eigenvalue weighted by Gasteiger charge is -2.14. The van der Waals surface area contributed by atoms with Crippen molar-refractivity contribution < 1.29 is 33.3 Å². The number of hydrogen-bond acceptors (Lipinski definition) is 7. The van der Waals surface area contributed by atoms with Gasteiger partial charge in [0.05, 0.1) is 24.3 Å². The van der Waals surface area contributed by atoms with Gasteiger partial charge in [-0.3, -0.25) is 0 Å². The molecule has 0 N–H and O–H groups in total. The monoisotopic (exact) mass is 502 g/mol. The van der Waals surface area contributed by atoms with E-state index in [9.17, 15) is 14.4 Å². The maximum Gasteiger partial charge on any atom is 0.343 e. The highest BCUT2D eigenvalue weighted by Gasteiger charge is 2.16. The van der Waals surface area contributed by atoms with Gasteiger partial charge in [0.25, 0.3) is 0 Å². The number of unbranched alkanes of at least 4 members (excludes halogenated alkanes) is 1. The summed E-state index contributed by atoms with van der Waals surface area (Å²) >= 11 is 0. The number of benzene rings is 3. The summed E-state index contributed by atoms with van der Waals surface area (Å²) in [6.45, 7) is 9.66. The molecule has 3 aromatic carbocycles. The third-order valence-corrected chi connectivity index (χ3v) is 5.69. The van der Waals surface area contributed by atoms with E-state index >= 15 is 0 Å². The minimum atomic E-state index is -0.512.